The minimum absolute atomic E-state index is 0.0519. The van der Waals surface area contributed by atoms with Crippen molar-refractivity contribution in [1.29, 1.82) is 0 Å². The van der Waals surface area contributed by atoms with Crippen molar-refractivity contribution in [2.75, 3.05) is 36.8 Å². The molecule has 33 heavy (non-hydrogen) atoms. The summed E-state index contributed by atoms with van der Waals surface area (Å²) in [7, 11) is -3.56. The van der Waals surface area contributed by atoms with Crippen molar-refractivity contribution in [3.8, 4) is 0 Å². The van der Waals surface area contributed by atoms with Gasteiger partial charge < -0.3 is 10.2 Å². The molecule has 1 fully saturated rings. The Morgan fingerprint density at radius 1 is 1.06 bits per heavy atom. The third-order valence-corrected chi connectivity index (χ3v) is 9.46. The maximum Gasteiger partial charge on any atom is 0.243 e. The van der Waals surface area contributed by atoms with E-state index < -0.39 is 10.0 Å². The number of benzene rings is 1. The molecule has 2 amide bonds. The first kappa shape index (κ1) is 24.3. The Morgan fingerprint density at radius 3 is 2.58 bits per heavy atom. The van der Waals surface area contributed by atoms with E-state index in [1.165, 1.54) is 35.1 Å². The molecule has 4 rings (SSSR count). The number of sulfonamides is 1. The summed E-state index contributed by atoms with van der Waals surface area (Å²) in [5.74, 6) is -0.139. The molecule has 0 spiro atoms. The van der Waals surface area contributed by atoms with Crippen LogP contribution in [-0.2, 0) is 19.6 Å². The highest BCUT2D eigenvalue weighted by Gasteiger charge is 2.30. The number of thioether (sulfide) groups is 1. The van der Waals surface area contributed by atoms with E-state index in [1.807, 2.05) is 0 Å². The first-order valence-corrected chi connectivity index (χ1v) is 14.4. The van der Waals surface area contributed by atoms with Crippen LogP contribution in [0.5, 0.6) is 0 Å². The monoisotopic (exact) mass is 491 g/mol. The SMILES string of the molecule is O=C(CN1C(=O)CSc2cc(S(=O)(=O)N3CCCCCC3)ccc21)NCCC1=CCCCC1. The molecule has 1 N–H and O–H groups in total. The van der Waals surface area contributed by atoms with Crippen molar-refractivity contribution >= 4 is 39.3 Å². The van der Waals surface area contributed by atoms with Gasteiger partial charge in [0.1, 0.15) is 6.54 Å². The lowest BCUT2D eigenvalue weighted by atomic mass is 9.97. The average molecular weight is 492 g/mol. The second-order valence-electron chi connectivity index (χ2n) is 8.92. The Bertz CT molecular complexity index is 1010. The maximum atomic E-state index is 13.2. The lowest BCUT2D eigenvalue weighted by Gasteiger charge is -2.29. The van der Waals surface area contributed by atoms with Crippen molar-refractivity contribution < 1.29 is 18.0 Å². The Labute approximate surface area is 201 Å². The molecule has 9 heteroatoms. The normalized spacial score (nSPS) is 20.1. The van der Waals surface area contributed by atoms with Crippen LogP contribution < -0.4 is 10.2 Å². The number of allylic oxidation sites excluding steroid dienone is 1. The Balaban J connectivity index is 1.42. The van der Waals surface area contributed by atoms with Crippen LogP contribution in [0.25, 0.3) is 0 Å². The van der Waals surface area contributed by atoms with Gasteiger partial charge >= 0.3 is 0 Å². The van der Waals surface area contributed by atoms with Gasteiger partial charge in [0.25, 0.3) is 0 Å². The largest absolute Gasteiger partial charge is 0.354 e. The van der Waals surface area contributed by atoms with Gasteiger partial charge in [-0.15, -0.1) is 11.8 Å². The lowest BCUT2D eigenvalue weighted by Crippen LogP contribution is -2.43. The van der Waals surface area contributed by atoms with Gasteiger partial charge in [-0.3, -0.25) is 9.59 Å². The molecule has 0 unspecified atom stereocenters. The number of carbonyl (C=O) groups is 2. The van der Waals surface area contributed by atoms with Gasteiger partial charge in [-0.25, -0.2) is 8.42 Å². The van der Waals surface area contributed by atoms with Gasteiger partial charge in [-0.05, 0) is 63.1 Å². The molecule has 3 aliphatic rings. The van der Waals surface area contributed by atoms with E-state index in [0.29, 0.717) is 25.3 Å². The molecule has 1 aliphatic carbocycles. The van der Waals surface area contributed by atoms with E-state index in [0.717, 1.165) is 49.8 Å². The van der Waals surface area contributed by atoms with Crippen LogP contribution in [0.3, 0.4) is 0 Å². The summed E-state index contributed by atoms with van der Waals surface area (Å²) in [6.07, 6.45) is 11.7. The van der Waals surface area contributed by atoms with Gasteiger partial charge in [-0.1, -0.05) is 24.5 Å². The second-order valence-corrected chi connectivity index (χ2v) is 11.9. The second kappa shape index (κ2) is 11.1. The zero-order valence-corrected chi connectivity index (χ0v) is 20.7. The number of nitrogens with one attached hydrogen (secondary N) is 1. The van der Waals surface area contributed by atoms with E-state index in [4.69, 9.17) is 0 Å². The van der Waals surface area contributed by atoms with Crippen molar-refractivity contribution in [2.24, 2.45) is 0 Å². The number of rotatable bonds is 7. The van der Waals surface area contributed by atoms with E-state index in [2.05, 4.69) is 11.4 Å². The van der Waals surface area contributed by atoms with Gasteiger partial charge in [0.15, 0.2) is 0 Å². The molecule has 0 atom stereocenters. The summed E-state index contributed by atoms with van der Waals surface area (Å²) in [5.41, 5.74) is 2.01. The van der Waals surface area contributed by atoms with Crippen molar-refractivity contribution in [2.45, 2.75) is 67.6 Å². The van der Waals surface area contributed by atoms with Gasteiger partial charge in [0.2, 0.25) is 21.8 Å². The van der Waals surface area contributed by atoms with Crippen molar-refractivity contribution in [3.05, 3.63) is 29.8 Å². The highest BCUT2D eigenvalue weighted by atomic mass is 32.2. The van der Waals surface area contributed by atoms with Crippen LogP contribution in [0.15, 0.2) is 39.6 Å². The molecule has 7 nitrogen and oxygen atoms in total. The summed E-state index contributed by atoms with van der Waals surface area (Å²) < 4.78 is 27.9. The maximum absolute atomic E-state index is 13.2. The molecule has 180 valence electrons. The first-order chi connectivity index (χ1) is 15.9. The zero-order chi connectivity index (χ0) is 23.3. The van der Waals surface area contributed by atoms with Crippen LogP contribution in [0.2, 0.25) is 0 Å². The third-order valence-electron chi connectivity index (χ3n) is 6.53. The average Bonchev–Trinajstić information content (AvgIpc) is 3.12. The first-order valence-electron chi connectivity index (χ1n) is 12.0. The smallest absolute Gasteiger partial charge is 0.243 e. The molecule has 0 radical (unpaired) electrons. The number of carbonyl (C=O) groups excluding carboxylic acids is 2. The predicted molar refractivity (Wildman–Crippen MR) is 131 cm³/mol. The fourth-order valence-electron chi connectivity index (χ4n) is 4.64. The molecule has 0 saturated carbocycles. The van der Waals surface area contributed by atoms with Crippen molar-refractivity contribution in [3.63, 3.8) is 0 Å². The number of nitrogens with zero attached hydrogens (tertiary/aromatic N) is 2. The molecule has 1 aromatic rings. The number of hydrogen-bond donors (Lipinski definition) is 1. The molecule has 2 heterocycles. The van der Waals surface area contributed by atoms with Crippen molar-refractivity contribution in [1.82, 2.24) is 9.62 Å². The molecule has 1 aromatic carbocycles. The Morgan fingerprint density at radius 2 is 1.85 bits per heavy atom. The fourth-order valence-corrected chi connectivity index (χ4v) is 7.23. The molecular weight excluding hydrogens is 458 g/mol. The molecular formula is C24H33N3O4S2. The van der Waals surface area contributed by atoms with E-state index in [9.17, 15) is 18.0 Å². The highest BCUT2D eigenvalue weighted by molar-refractivity contribution is 8.00. The summed E-state index contributed by atoms with van der Waals surface area (Å²) in [5, 5.41) is 2.93. The predicted octanol–water partition coefficient (Wildman–Crippen LogP) is 3.70. The lowest BCUT2D eigenvalue weighted by molar-refractivity contribution is -0.122. The topological polar surface area (TPSA) is 86.8 Å². The molecule has 0 bridgehead atoms. The minimum Gasteiger partial charge on any atom is -0.354 e. The standard InChI is InChI=1S/C24H33N3O4S2/c28-23(25-13-12-19-8-4-3-5-9-19)17-27-21-11-10-20(16-22(21)32-18-24(27)29)33(30,31)26-14-6-1-2-7-15-26/h8,10-11,16H,1-7,9,12-15,17-18H2,(H,25,28). The highest BCUT2D eigenvalue weighted by Crippen LogP contribution is 2.37. The van der Waals surface area contributed by atoms with Gasteiger partial charge in [0.05, 0.1) is 16.3 Å². The Kier molecular flexibility index (Phi) is 8.14. The van der Waals surface area contributed by atoms with Crippen LogP contribution in [-0.4, -0.2) is 56.5 Å². The number of anilines is 1. The van der Waals surface area contributed by atoms with Crippen LogP contribution in [0, 0.1) is 0 Å². The molecule has 2 aliphatic heterocycles. The summed E-state index contributed by atoms with van der Waals surface area (Å²) in [6, 6.07) is 4.90. The van der Waals surface area contributed by atoms with Gasteiger partial charge in [0, 0.05) is 24.5 Å². The molecule has 1 saturated heterocycles. The quantitative estimate of drug-likeness (QED) is 0.588. The van der Waals surface area contributed by atoms with Crippen LogP contribution in [0.4, 0.5) is 5.69 Å². The summed E-state index contributed by atoms with van der Waals surface area (Å²) >= 11 is 1.33. The van der Waals surface area contributed by atoms with Crippen LogP contribution in [0.1, 0.15) is 57.8 Å². The number of amides is 2. The summed E-state index contributed by atoms with van der Waals surface area (Å²) in [4.78, 5) is 27.6. The third kappa shape index (κ3) is 6.00. The minimum atomic E-state index is -3.56. The summed E-state index contributed by atoms with van der Waals surface area (Å²) in [6.45, 7) is 1.62. The van der Waals surface area contributed by atoms with Crippen LogP contribution >= 0.6 is 11.8 Å². The van der Waals surface area contributed by atoms with E-state index in [-0.39, 0.29) is 29.0 Å². The number of fused-ring (bicyclic) bond motifs is 1. The fraction of sp³-hybridized carbons (Fsp3) is 0.583. The molecule has 0 aromatic heterocycles. The van der Waals surface area contributed by atoms with Gasteiger partial charge in [-0.2, -0.15) is 4.31 Å². The van der Waals surface area contributed by atoms with E-state index in [1.54, 1.807) is 22.5 Å². The number of hydrogen-bond acceptors (Lipinski definition) is 5. The zero-order valence-electron chi connectivity index (χ0n) is 19.1. The van der Waals surface area contributed by atoms with E-state index >= 15 is 0 Å². The Hall–Kier alpha value is -1.84.